The third-order valence-corrected chi connectivity index (χ3v) is 0.605. The van der Waals surface area contributed by atoms with E-state index in [1.165, 1.54) is 7.11 Å². The lowest BCUT2D eigenvalue weighted by atomic mass is 10.8. The van der Waals surface area contributed by atoms with Crippen LogP contribution in [0.25, 0.3) is 0 Å². The Morgan fingerprint density at radius 1 is 1.75 bits per heavy atom. The summed E-state index contributed by atoms with van der Waals surface area (Å²) in [6.07, 6.45) is 0. The summed E-state index contributed by atoms with van der Waals surface area (Å²) in [5, 5.41) is 0. The van der Waals surface area contributed by atoms with Crippen LogP contribution in [0.4, 0.5) is 0 Å². The monoisotopic (exact) mass is 114 g/mol. The Morgan fingerprint density at radius 2 is 2.38 bits per heavy atom. The lowest BCUT2D eigenvalue weighted by Crippen LogP contribution is -1.90. The Bertz CT molecular complexity index is 101. The lowest BCUT2D eigenvalue weighted by molar-refractivity contribution is 0.0702. The second kappa shape index (κ2) is 4.28. The summed E-state index contributed by atoms with van der Waals surface area (Å²) in [6, 6.07) is 0. The average Bonchev–Trinajstić information content (AvgIpc) is 1.83. The van der Waals surface area contributed by atoms with Crippen LogP contribution >= 0.6 is 0 Å². The molecule has 0 aromatic carbocycles. The summed E-state index contributed by atoms with van der Waals surface area (Å²) >= 11 is 0. The molecule has 0 radical (unpaired) electrons. The van der Waals surface area contributed by atoms with Crippen molar-refractivity contribution in [3.05, 3.63) is 18.3 Å². The first kappa shape index (κ1) is 7.12. The van der Waals surface area contributed by atoms with E-state index in [0.29, 0.717) is 12.6 Å². The molecule has 0 aromatic heterocycles. The van der Waals surface area contributed by atoms with Gasteiger partial charge in [-0.25, -0.2) is 0 Å². The predicted molar refractivity (Wildman–Crippen MR) is 31.3 cm³/mol. The number of methoxy groups -OCH3 is 1. The van der Waals surface area contributed by atoms with E-state index in [2.05, 4.69) is 17.0 Å². The minimum atomic E-state index is 0.354. The van der Waals surface area contributed by atoms with Crippen molar-refractivity contribution in [1.29, 1.82) is 0 Å². The minimum absolute atomic E-state index is 0.354. The van der Waals surface area contributed by atoms with E-state index in [0.717, 1.165) is 0 Å². The van der Waals surface area contributed by atoms with Crippen molar-refractivity contribution < 1.29 is 9.47 Å². The highest BCUT2D eigenvalue weighted by atomic mass is 16.7. The highest BCUT2D eigenvalue weighted by Gasteiger charge is 1.86. The Hall–Kier alpha value is -0.880. The topological polar surface area (TPSA) is 18.5 Å². The molecule has 0 aromatic rings. The number of hydrogen-bond donors (Lipinski definition) is 0. The summed E-state index contributed by atoms with van der Waals surface area (Å²) in [6.45, 7) is 5.80. The van der Waals surface area contributed by atoms with Gasteiger partial charge in [0.1, 0.15) is 0 Å². The van der Waals surface area contributed by atoms with E-state index in [-0.39, 0.29) is 0 Å². The first-order valence-electron chi connectivity index (χ1n) is 2.42. The smallest absolute Gasteiger partial charge is 0.326 e. The Morgan fingerprint density at radius 3 is 2.50 bits per heavy atom. The summed E-state index contributed by atoms with van der Waals surface area (Å²) in [7, 11) is 1.52. The fourth-order valence-corrected chi connectivity index (χ4v) is 0.313. The Kier molecular flexibility index (Phi) is 3.81. The Labute approximate surface area is 49.4 Å². The Balaban J connectivity index is 3.55. The van der Waals surface area contributed by atoms with Gasteiger partial charge in [-0.3, -0.25) is 0 Å². The van der Waals surface area contributed by atoms with Crippen LogP contribution in [0.3, 0.4) is 0 Å². The van der Waals surface area contributed by atoms with Crippen LogP contribution in [0.1, 0.15) is 6.92 Å². The normalized spacial score (nSPS) is 7.25. The van der Waals surface area contributed by atoms with Gasteiger partial charge < -0.3 is 9.47 Å². The molecule has 0 aliphatic rings. The van der Waals surface area contributed by atoms with Crippen molar-refractivity contribution in [1.82, 2.24) is 0 Å². The molecule has 0 unspecified atom stereocenters. The van der Waals surface area contributed by atoms with Crippen LogP contribution in [-0.2, 0) is 9.47 Å². The van der Waals surface area contributed by atoms with Gasteiger partial charge in [0.2, 0.25) is 0 Å². The predicted octanol–water partition coefficient (Wildman–Crippen LogP) is 1.30. The molecule has 0 fully saturated rings. The minimum Gasteiger partial charge on any atom is -0.463 e. The summed E-state index contributed by atoms with van der Waals surface area (Å²) in [5.41, 5.74) is 2.47. The van der Waals surface area contributed by atoms with Gasteiger partial charge in [0.05, 0.1) is 13.7 Å². The maximum absolute atomic E-state index is 4.86. The number of ether oxygens (including phenoxy) is 2. The van der Waals surface area contributed by atoms with Gasteiger partial charge in [0, 0.05) is 0 Å². The zero-order valence-electron chi connectivity index (χ0n) is 5.23. The van der Waals surface area contributed by atoms with Crippen molar-refractivity contribution in [3.8, 4) is 0 Å². The molecule has 0 atom stereocenters. The zero-order chi connectivity index (χ0) is 6.41. The van der Waals surface area contributed by atoms with Gasteiger partial charge in [0.15, 0.2) is 0 Å². The molecule has 0 spiro atoms. The molecule has 0 heterocycles. The molecule has 0 bridgehead atoms. The molecular weight excluding hydrogens is 104 g/mol. The van der Waals surface area contributed by atoms with Crippen molar-refractivity contribution in [2.24, 2.45) is 0 Å². The quantitative estimate of drug-likeness (QED) is 0.406. The fourth-order valence-electron chi connectivity index (χ4n) is 0.313. The largest absolute Gasteiger partial charge is 0.463 e. The maximum Gasteiger partial charge on any atom is 0.326 e. The second-order valence-electron chi connectivity index (χ2n) is 1.10. The molecule has 0 aliphatic heterocycles. The zero-order valence-corrected chi connectivity index (χ0v) is 5.23. The third-order valence-electron chi connectivity index (χ3n) is 0.605. The van der Waals surface area contributed by atoms with E-state index in [4.69, 9.17) is 4.74 Å². The van der Waals surface area contributed by atoms with E-state index >= 15 is 0 Å². The molecule has 0 amide bonds. The molecule has 0 rings (SSSR count). The molecule has 0 aliphatic carbocycles. The number of rotatable bonds is 3. The van der Waals surface area contributed by atoms with Gasteiger partial charge in [-0.15, -0.1) is 0 Å². The third kappa shape index (κ3) is 2.32. The van der Waals surface area contributed by atoms with Gasteiger partial charge in [0.25, 0.3) is 0 Å². The highest BCUT2D eigenvalue weighted by Crippen LogP contribution is 1.91. The van der Waals surface area contributed by atoms with E-state index in [1.807, 2.05) is 6.92 Å². The van der Waals surface area contributed by atoms with Gasteiger partial charge in [-0.1, -0.05) is 0 Å². The van der Waals surface area contributed by atoms with Crippen molar-refractivity contribution in [2.45, 2.75) is 6.92 Å². The van der Waals surface area contributed by atoms with E-state index in [1.54, 1.807) is 0 Å². The van der Waals surface area contributed by atoms with Crippen molar-refractivity contribution in [3.63, 3.8) is 0 Å². The van der Waals surface area contributed by atoms with Gasteiger partial charge in [-0.2, -0.15) is 0 Å². The second-order valence-corrected chi connectivity index (χ2v) is 1.10. The summed E-state index contributed by atoms with van der Waals surface area (Å²) < 4.78 is 9.52. The molecule has 0 N–H and O–H groups in total. The van der Waals surface area contributed by atoms with Crippen LogP contribution in [0.5, 0.6) is 0 Å². The highest BCUT2D eigenvalue weighted by molar-refractivity contribution is 4.76. The SMILES string of the molecule is C=C=C(OC)OCC. The standard InChI is InChI=1S/C6H10O2/c1-4-6(7-3)8-5-2/h1,5H2,2-3H3. The molecule has 0 saturated heterocycles. The van der Waals surface area contributed by atoms with Crippen LogP contribution in [0.2, 0.25) is 0 Å². The first-order chi connectivity index (χ1) is 3.85. The number of hydrogen-bond acceptors (Lipinski definition) is 2. The molecule has 46 valence electrons. The van der Waals surface area contributed by atoms with Crippen LogP contribution in [0, 0.1) is 0 Å². The van der Waals surface area contributed by atoms with Crippen LogP contribution in [-0.4, -0.2) is 13.7 Å². The summed E-state index contributed by atoms with van der Waals surface area (Å²) in [5.74, 6) is 0.354. The maximum atomic E-state index is 4.86. The molecule has 2 nitrogen and oxygen atoms in total. The van der Waals surface area contributed by atoms with E-state index in [9.17, 15) is 0 Å². The molecule has 2 heteroatoms. The van der Waals surface area contributed by atoms with Gasteiger partial charge >= 0.3 is 5.95 Å². The molecule has 0 saturated carbocycles. The lowest BCUT2D eigenvalue weighted by Gasteiger charge is -2.00. The molecular formula is C6H10O2. The molecule has 8 heavy (non-hydrogen) atoms. The first-order valence-corrected chi connectivity index (χ1v) is 2.42. The van der Waals surface area contributed by atoms with Crippen molar-refractivity contribution in [2.75, 3.05) is 13.7 Å². The summed E-state index contributed by atoms with van der Waals surface area (Å²) in [4.78, 5) is 0. The van der Waals surface area contributed by atoms with Crippen molar-refractivity contribution >= 4 is 0 Å². The van der Waals surface area contributed by atoms with Crippen LogP contribution < -0.4 is 0 Å². The average molecular weight is 114 g/mol. The van der Waals surface area contributed by atoms with Crippen LogP contribution in [0.15, 0.2) is 18.3 Å². The van der Waals surface area contributed by atoms with E-state index < -0.39 is 0 Å². The van der Waals surface area contributed by atoms with Gasteiger partial charge in [-0.05, 0) is 19.2 Å². The fraction of sp³-hybridized carbons (Fsp3) is 0.500.